The number of nitrogens with zero attached hydrogens (tertiary/aromatic N) is 3. The van der Waals surface area contributed by atoms with E-state index in [4.69, 9.17) is 0 Å². The molecule has 0 atom stereocenters. The molecule has 1 aromatic carbocycles. The second-order valence-corrected chi connectivity index (χ2v) is 9.18. The molecule has 2 aliphatic heterocycles. The maximum absolute atomic E-state index is 13.7. The summed E-state index contributed by atoms with van der Waals surface area (Å²) in [6.45, 7) is 5.13. The molecule has 34 heavy (non-hydrogen) atoms. The van der Waals surface area contributed by atoms with Crippen molar-refractivity contribution in [1.82, 2.24) is 9.88 Å². The molecule has 2 aromatic rings. The molecule has 0 aliphatic carbocycles. The molecule has 184 valence electrons. The van der Waals surface area contributed by atoms with Crippen LogP contribution in [0.25, 0.3) is 0 Å². The zero-order valence-corrected chi connectivity index (χ0v) is 19.1. The second kappa shape index (κ2) is 10.7. The van der Waals surface area contributed by atoms with Gasteiger partial charge < -0.3 is 15.1 Å². The molecule has 9 heteroatoms. The molecule has 0 saturated carbocycles. The zero-order chi connectivity index (χ0) is 24.1. The van der Waals surface area contributed by atoms with Gasteiger partial charge in [-0.2, -0.15) is 13.2 Å². The highest BCUT2D eigenvalue weighted by atomic mass is 19.4. The highest BCUT2D eigenvalue weighted by Gasteiger charge is 2.32. The molecule has 0 radical (unpaired) electrons. The van der Waals surface area contributed by atoms with Crippen molar-refractivity contribution in [2.24, 2.45) is 5.92 Å². The number of benzene rings is 1. The zero-order valence-electron chi connectivity index (χ0n) is 19.1. The third kappa shape index (κ3) is 6.25. The number of piperidine rings is 2. The number of anilines is 2. The Morgan fingerprint density at radius 3 is 2.50 bits per heavy atom. The van der Waals surface area contributed by atoms with Gasteiger partial charge in [0.05, 0.1) is 11.3 Å². The van der Waals surface area contributed by atoms with Crippen LogP contribution in [0.2, 0.25) is 0 Å². The highest BCUT2D eigenvalue weighted by molar-refractivity contribution is 6.05. The molecule has 5 nitrogen and oxygen atoms in total. The quantitative estimate of drug-likeness (QED) is 0.551. The maximum atomic E-state index is 13.7. The number of hydrogen-bond donors (Lipinski definition) is 1. The van der Waals surface area contributed by atoms with E-state index in [1.165, 1.54) is 38.8 Å². The number of rotatable bonds is 6. The maximum Gasteiger partial charge on any atom is 0.416 e. The predicted octanol–water partition coefficient (Wildman–Crippen LogP) is 5.58. The fraction of sp³-hybridized carbons (Fsp3) is 0.520. The lowest BCUT2D eigenvalue weighted by molar-refractivity contribution is -0.137. The van der Waals surface area contributed by atoms with E-state index >= 15 is 0 Å². The Morgan fingerprint density at radius 1 is 1.06 bits per heavy atom. The van der Waals surface area contributed by atoms with Crippen molar-refractivity contribution in [3.05, 3.63) is 53.5 Å². The molecule has 1 amide bonds. The summed E-state index contributed by atoms with van der Waals surface area (Å²) in [7, 11) is 0. The van der Waals surface area contributed by atoms with Gasteiger partial charge in [0.15, 0.2) is 5.82 Å². The van der Waals surface area contributed by atoms with Crippen molar-refractivity contribution >= 4 is 17.4 Å². The molecule has 1 N–H and O–H groups in total. The van der Waals surface area contributed by atoms with Crippen LogP contribution in [0.4, 0.5) is 29.1 Å². The number of aromatic nitrogens is 1. The molecular weight excluding hydrogens is 448 g/mol. The number of carbonyl (C=O) groups is 1. The molecule has 4 rings (SSSR count). The number of amides is 1. The summed E-state index contributed by atoms with van der Waals surface area (Å²) >= 11 is 0. The first-order valence-corrected chi connectivity index (χ1v) is 11.9. The van der Waals surface area contributed by atoms with Crippen LogP contribution in [-0.2, 0) is 6.18 Å². The van der Waals surface area contributed by atoms with Gasteiger partial charge in [-0.3, -0.25) is 4.79 Å². The van der Waals surface area contributed by atoms with Crippen molar-refractivity contribution in [2.45, 2.75) is 44.7 Å². The molecular formula is C25H30F4N4O. The lowest BCUT2D eigenvalue weighted by Gasteiger charge is -2.35. The summed E-state index contributed by atoms with van der Waals surface area (Å²) in [6.07, 6.45) is 4.03. The Kier molecular flexibility index (Phi) is 7.70. The normalized spacial score (nSPS) is 18.2. The van der Waals surface area contributed by atoms with E-state index in [9.17, 15) is 22.4 Å². The average Bonchev–Trinajstić information content (AvgIpc) is 2.83. The van der Waals surface area contributed by atoms with E-state index in [-0.39, 0.29) is 0 Å². The Morgan fingerprint density at radius 2 is 1.79 bits per heavy atom. The van der Waals surface area contributed by atoms with Crippen molar-refractivity contribution in [3.8, 4) is 0 Å². The monoisotopic (exact) mass is 478 g/mol. The number of halogens is 4. The molecule has 0 bridgehead atoms. The fourth-order valence-electron chi connectivity index (χ4n) is 4.81. The van der Waals surface area contributed by atoms with Crippen LogP contribution in [0.15, 0.2) is 36.5 Å². The van der Waals surface area contributed by atoms with Crippen LogP contribution >= 0.6 is 0 Å². The topological polar surface area (TPSA) is 48.5 Å². The van der Waals surface area contributed by atoms with Gasteiger partial charge in [-0.25, -0.2) is 9.37 Å². The first kappa shape index (κ1) is 24.4. The number of carbonyl (C=O) groups excluding carboxylic acids is 1. The Bertz CT molecular complexity index is 983. The molecule has 0 spiro atoms. The lowest BCUT2D eigenvalue weighted by Crippen LogP contribution is -2.37. The van der Waals surface area contributed by atoms with Crippen molar-refractivity contribution in [3.63, 3.8) is 0 Å². The molecule has 0 unspecified atom stereocenters. The molecule has 3 heterocycles. The van der Waals surface area contributed by atoms with Crippen LogP contribution in [0.5, 0.6) is 0 Å². The largest absolute Gasteiger partial charge is 0.416 e. The van der Waals surface area contributed by atoms with Gasteiger partial charge in [-0.05, 0) is 88.0 Å². The molecule has 1 aromatic heterocycles. The van der Waals surface area contributed by atoms with Gasteiger partial charge >= 0.3 is 6.18 Å². The van der Waals surface area contributed by atoms with E-state index in [1.807, 2.05) is 0 Å². The first-order chi connectivity index (χ1) is 16.3. The van der Waals surface area contributed by atoms with Gasteiger partial charge in [0.1, 0.15) is 5.82 Å². The minimum atomic E-state index is -4.74. The summed E-state index contributed by atoms with van der Waals surface area (Å²) in [4.78, 5) is 21.7. The van der Waals surface area contributed by atoms with Gasteiger partial charge in [-0.15, -0.1) is 0 Å². The van der Waals surface area contributed by atoms with Gasteiger partial charge in [0.25, 0.3) is 5.91 Å². The third-order valence-electron chi connectivity index (χ3n) is 6.74. The van der Waals surface area contributed by atoms with E-state index in [0.717, 1.165) is 38.5 Å². The number of pyridine rings is 1. The van der Waals surface area contributed by atoms with Crippen LogP contribution < -0.4 is 10.2 Å². The van der Waals surface area contributed by atoms with E-state index < -0.39 is 29.0 Å². The molecule has 2 fully saturated rings. The molecule has 2 aliphatic rings. The SMILES string of the molecule is O=C(Nc1cccnc1N1CCC(CCN2CCCCC2)CC1)c1cc(F)cc(C(F)(F)F)c1. The van der Waals surface area contributed by atoms with E-state index in [1.54, 1.807) is 18.3 Å². The van der Waals surface area contributed by atoms with Crippen LogP contribution in [0, 0.1) is 11.7 Å². The minimum absolute atomic E-state index is 0.377. The average molecular weight is 479 g/mol. The number of likely N-dealkylation sites (tertiary alicyclic amines) is 1. The van der Waals surface area contributed by atoms with Crippen LogP contribution in [0.1, 0.15) is 54.4 Å². The van der Waals surface area contributed by atoms with E-state index in [0.29, 0.717) is 29.6 Å². The Hall–Kier alpha value is -2.68. The molecule has 2 saturated heterocycles. The van der Waals surface area contributed by atoms with Crippen LogP contribution in [0.3, 0.4) is 0 Å². The minimum Gasteiger partial charge on any atom is -0.355 e. The van der Waals surface area contributed by atoms with Crippen molar-refractivity contribution < 1.29 is 22.4 Å². The highest BCUT2D eigenvalue weighted by Crippen LogP contribution is 2.32. The summed E-state index contributed by atoms with van der Waals surface area (Å²) in [6, 6.07) is 5.14. The summed E-state index contributed by atoms with van der Waals surface area (Å²) < 4.78 is 52.8. The van der Waals surface area contributed by atoms with Gasteiger partial charge in [0.2, 0.25) is 0 Å². The standard InChI is InChI=1S/C25H30F4N4O/c26-21-16-19(15-20(17-21)25(27,28)29)24(34)31-22-5-4-9-30-23(22)33-13-7-18(8-14-33)6-12-32-10-2-1-3-11-32/h4-5,9,15-18H,1-3,6-8,10-14H2,(H,31,34). The lowest BCUT2D eigenvalue weighted by atomic mass is 9.93. The number of alkyl halides is 3. The first-order valence-electron chi connectivity index (χ1n) is 11.9. The number of hydrogen-bond acceptors (Lipinski definition) is 4. The summed E-state index contributed by atoms with van der Waals surface area (Å²) in [5.41, 5.74) is -1.19. The summed E-state index contributed by atoms with van der Waals surface area (Å²) in [5.74, 6) is -0.695. The fourth-order valence-corrected chi connectivity index (χ4v) is 4.81. The summed E-state index contributed by atoms with van der Waals surface area (Å²) in [5, 5.41) is 2.63. The van der Waals surface area contributed by atoms with Gasteiger partial charge in [-0.1, -0.05) is 6.42 Å². The van der Waals surface area contributed by atoms with E-state index in [2.05, 4.69) is 20.1 Å². The number of nitrogens with one attached hydrogen (secondary N) is 1. The van der Waals surface area contributed by atoms with Crippen LogP contribution in [-0.4, -0.2) is 48.5 Å². The third-order valence-corrected chi connectivity index (χ3v) is 6.74. The van der Waals surface area contributed by atoms with Crippen molar-refractivity contribution in [1.29, 1.82) is 0 Å². The van der Waals surface area contributed by atoms with Gasteiger partial charge in [0, 0.05) is 24.8 Å². The Balaban J connectivity index is 1.38. The smallest absolute Gasteiger partial charge is 0.355 e. The Labute approximate surface area is 197 Å². The second-order valence-electron chi connectivity index (χ2n) is 9.18. The predicted molar refractivity (Wildman–Crippen MR) is 123 cm³/mol. The van der Waals surface area contributed by atoms with Crippen molar-refractivity contribution in [2.75, 3.05) is 42.9 Å².